The van der Waals surface area contributed by atoms with E-state index in [9.17, 15) is 14.7 Å². The van der Waals surface area contributed by atoms with E-state index in [1.165, 1.54) is 6.92 Å². The van der Waals surface area contributed by atoms with Gasteiger partial charge in [-0.1, -0.05) is 12.1 Å². The number of morpholine rings is 1. The molecule has 7 heteroatoms. The third kappa shape index (κ3) is 4.20. The summed E-state index contributed by atoms with van der Waals surface area (Å²) in [5, 5.41) is 10.4. The maximum Gasteiger partial charge on any atom is 0.290 e. The number of carbonyl (C=O) groups is 2. The first kappa shape index (κ1) is 20.4. The molecule has 28 heavy (non-hydrogen) atoms. The quantitative estimate of drug-likeness (QED) is 0.769. The second-order valence-corrected chi connectivity index (χ2v) is 7.51. The molecule has 0 saturated carbocycles. The Morgan fingerprint density at radius 3 is 2.39 bits per heavy atom. The van der Waals surface area contributed by atoms with Crippen LogP contribution in [-0.2, 0) is 14.3 Å². The van der Waals surface area contributed by atoms with E-state index in [0.717, 1.165) is 50.5 Å². The number of anilines is 1. The van der Waals surface area contributed by atoms with Crippen LogP contribution in [0.2, 0.25) is 0 Å². The first-order chi connectivity index (χ1) is 13.4. The maximum absolute atomic E-state index is 12.7. The van der Waals surface area contributed by atoms with Gasteiger partial charge in [-0.25, -0.2) is 0 Å². The van der Waals surface area contributed by atoms with Crippen molar-refractivity contribution >= 4 is 17.4 Å². The number of ether oxygens (including phenoxy) is 1. The average Bonchev–Trinajstić information content (AvgIpc) is 2.94. The molecule has 0 spiro atoms. The van der Waals surface area contributed by atoms with Crippen LogP contribution in [0.1, 0.15) is 24.9 Å². The summed E-state index contributed by atoms with van der Waals surface area (Å²) >= 11 is 0. The van der Waals surface area contributed by atoms with Gasteiger partial charge in [0, 0.05) is 46.0 Å². The fraction of sp³-hybridized carbons (Fsp3) is 0.524. The summed E-state index contributed by atoms with van der Waals surface area (Å²) in [6, 6.07) is 7.22. The lowest BCUT2D eigenvalue weighted by molar-refractivity contribution is -0.129. The summed E-state index contributed by atoms with van der Waals surface area (Å²) in [5.41, 5.74) is 2.05. The number of aliphatic hydroxyl groups is 1. The number of benzene rings is 1. The van der Waals surface area contributed by atoms with Crippen molar-refractivity contribution in [3.8, 4) is 0 Å². The number of ketones is 1. The molecule has 1 amide bonds. The molecule has 2 heterocycles. The number of nitrogens with zero attached hydrogens (tertiary/aromatic N) is 3. The van der Waals surface area contributed by atoms with Crippen molar-refractivity contribution < 1.29 is 19.4 Å². The van der Waals surface area contributed by atoms with E-state index in [0.29, 0.717) is 6.54 Å². The molecule has 0 aromatic heterocycles. The van der Waals surface area contributed by atoms with Gasteiger partial charge in [-0.3, -0.25) is 14.5 Å². The molecule has 0 radical (unpaired) electrons. The molecule has 1 saturated heterocycles. The monoisotopic (exact) mass is 387 g/mol. The van der Waals surface area contributed by atoms with Crippen molar-refractivity contribution in [1.82, 2.24) is 9.80 Å². The molecule has 1 N–H and O–H groups in total. The smallest absolute Gasteiger partial charge is 0.290 e. The molecule has 0 unspecified atom stereocenters. The molecular weight excluding hydrogens is 358 g/mol. The van der Waals surface area contributed by atoms with Crippen LogP contribution in [-0.4, -0.2) is 80.1 Å². The highest BCUT2D eigenvalue weighted by Crippen LogP contribution is 2.38. The molecule has 1 atom stereocenters. The highest BCUT2D eigenvalue weighted by molar-refractivity contribution is 6.08. The van der Waals surface area contributed by atoms with Crippen LogP contribution in [0.4, 0.5) is 5.69 Å². The topological polar surface area (TPSA) is 73.3 Å². The van der Waals surface area contributed by atoms with Gasteiger partial charge in [0.05, 0.1) is 24.8 Å². The van der Waals surface area contributed by atoms with Crippen LogP contribution >= 0.6 is 0 Å². The molecule has 0 aliphatic carbocycles. The fourth-order valence-corrected chi connectivity index (χ4v) is 3.83. The van der Waals surface area contributed by atoms with E-state index in [4.69, 9.17) is 4.74 Å². The molecule has 3 rings (SSSR count). The lowest BCUT2D eigenvalue weighted by atomic mass is 9.96. The van der Waals surface area contributed by atoms with Crippen LogP contribution in [0.25, 0.3) is 0 Å². The lowest BCUT2D eigenvalue weighted by Gasteiger charge is -2.30. The molecule has 1 aromatic rings. The van der Waals surface area contributed by atoms with Gasteiger partial charge in [-0.05, 0) is 31.0 Å². The molecular formula is C21H29N3O4. The van der Waals surface area contributed by atoms with E-state index in [1.54, 1.807) is 4.90 Å². The Hall–Kier alpha value is -2.38. The summed E-state index contributed by atoms with van der Waals surface area (Å²) in [4.78, 5) is 30.8. The Kier molecular flexibility index (Phi) is 6.36. The molecule has 2 aliphatic rings. The van der Waals surface area contributed by atoms with Crippen molar-refractivity contribution in [3.05, 3.63) is 41.2 Å². The average molecular weight is 387 g/mol. The van der Waals surface area contributed by atoms with Crippen molar-refractivity contribution in [2.24, 2.45) is 0 Å². The summed E-state index contributed by atoms with van der Waals surface area (Å²) in [5.74, 6) is -1.15. The van der Waals surface area contributed by atoms with Crippen LogP contribution in [0, 0.1) is 0 Å². The van der Waals surface area contributed by atoms with Gasteiger partial charge in [0.2, 0.25) is 0 Å². The molecule has 7 nitrogen and oxygen atoms in total. The van der Waals surface area contributed by atoms with Gasteiger partial charge in [0.15, 0.2) is 11.5 Å². The van der Waals surface area contributed by atoms with Gasteiger partial charge < -0.3 is 19.6 Å². The van der Waals surface area contributed by atoms with Crippen LogP contribution < -0.4 is 4.90 Å². The number of hydrogen-bond donors (Lipinski definition) is 1. The number of hydrogen-bond acceptors (Lipinski definition) is 6. The number of Topliss-reactive ketones (excluding diaryl/α,β-unsaturated/α-hetero) is 1. The number of aliphatic hydroxyl groups excluding tert-OH is 1. The van der Waals surface area contributed by atoms with E-state index in [1.807, 2.05) is 43.3 Å². The summed E-state index contributed by atoms with van der Waals surface area (Å²) < 4.78 is 5.37. The van der Waals surface area contributed by atoms with E-state index < -0.39 is 17.7 Å². The fourth-order valence-electron chi connectivity index (χ4n) is 3.83. The Labute approximate surface area is 166 Å². The highest BCUT2D eigenvalue weighted by atomic mass is 16.5. The van der Waals surface area contributed by atoms with Crippen molar-refractivity contribution in [3.63, 3.8) is 0 Å². The minimum absolute atomic E-state index is 0.189. The van der Waals surface area contributed by atoms with Gasteiger partial charge in [0.1, 0.15) is 0 Å². The molecule has 1 fully saturated rings. The normalized spacial score (nSPS) is 20.8. The minimum Gasteiger partial charge on any atom is -0.503 e. The third-order valence-electron chi connectivity index (χ3n) is 5.39. The molecule has 152 valence electrons. The Balaban J connectivity index is 1.78. The zero-order chi connectivity index (χ0) is 20.3. The lowest BCUT2D eigenvalue weighted by Crippen LogP contribution is -2.39. The van der Waals surface area contributed by atoms with Crippen LogP contribution in [0.15, 0.2) is 35.6 Å². The van der Waals surface area contributed by atoms with E-state index in [-0.39, 0.29) is 11.4 Å². The van der Waals surface area contributed by atoms with Gasteiger partial charge in [-0.15, -0.1) is 0 Å². The van der Waals surface area contributed by atoms with Crippen LogP contribution in [0.3, 0.4) is 0 Å². The summed E-state index contributed by atoms with van der Waals surface area (Å²) in [6.45, 7) is 6.00. The second-order valence-electron chi connectivity index (χ2n) is 7.51. The summed E-state index contributed by atoms with van der Waals surface area (Å²) in [7, 11) is 3.91. The molecule has 0 bridgehead atoms. The number of rotatable bonds is 7. The number of amides is 1. The Morgan fingerprint density at radius 1 is 1.18 bits per heavy atom. The molecule has 2 aliphatic heterocycles. The van der Waals surface area contributed by atoms with Crippen LogP contribution in [0.5, 0.6) is 0 Å². The third-order valence-corrected chi connectivity index (χ3v) is 5.39. The minimum atomic E-state index is -0.536. The number of carbonyl (C=O) groups excluding carboxylic acids is 2. The predicted molar refractivity (Wildman–Crippen MR) is 107 cm³/mol. The highest BCUT2D eigenvalue weighted by Gasteiger charge is 2.42. The zero-order valence-corrected chi connectivity index (χ0v) is 16.9. The first-order valence-electron chi connectivity index (χ1n) is 9.72. The van der Waals surface area contributed by atoms with Gasteiger partial charge >= 0.3 is 0 Å². The van der Waals surface area contributed by atoms with Crippen molar-refractivity contribution in [1.29, 1.82) is 0 Å². The largest absolute Gasteiger partial charge is 0.503 e. The maximum atomic E-state index is 12.7. The van der Waals surface area contributed by atoms with Crippen molar-refractivity contribution in [2.45, 2.75) is 19.4 Å². The standard InChI is InChI=1S/C21H29N3O4/c1-15(25)18-19(16-5-7-17(8-6-16)22(2)3)24(21(27)20(18)26)10-4-9-23-11-13-28-14-12-23/h5-8,19,26H,4,9-14H2,1-3H3/t19-/m1/s1. The molecule has 1 aromatic carbocycles. The SMILES string of the molecule is CC(=O)C1=C(O)C(=O)N(CCCN2CCOCC2)[C@@H]1c1ccc(N(C)C)cc1. The summed E-state index contributed by atoms with van der Waals surface area (Å²) in [6.07, 6.45) is 0.774. The van der Waals surface area contributed by atoms with E-state index in [2.05, 4.69) is 4.90 Å². The van der Waals surface area contributed by atoms with Crippen molar-refractivity contribution in [2.75, 3.05) is 58.4 Å². The predicted octanol–water partition coefficient (Wildman–Crippen LogP) is 1.76. The van der Waals surface area contributed by atoms with Gasteiger partial charge in [0.25, 0.3) is 5.91 Å². The Bertz CT molecular complexity index is 751. The Morgan fingerprint density at radius 2 is 1.82 bits per heavy atom. The van der Waals surface area contributed by atoms with E-state index >= 15 is 0 Å². The van der Waals surface area contributed by atoms with Gasteiger partial charge in [-0.2, -0.15) is 0 Å². The zero-order valence-electron chi connectivity index (χ0n) is 16.9. The first-order valence-corrected chi connectivity index (χ1v) is 9.72. The second kappa shape index (κ2) is 8.75.